The molecule has 0 saturated heterocycles. The van der Waals surface area contributed by atoms with Gasteiger partial charge in [0.25, 0.3) is 0 Å². The average molecular weight is 427 g/mol. The molecule has 8 heteroatoms. The van der Waals surface area contributed by atoms with Crippen LogP contribution in [0.15, 0.2) is 40.7 Å². The zero-order chi connectivity index (χ0) is 21.3. The molecule has 0 bridgehead atoms. The lowest BCUT2D eigenvalue weighted by Gasteiger charge is -2.14. The third-order valence-electron chi connectivity index (χ3n) is 4.77. The van der Waals surface area contributed by atoms with Crippen LogP contribution in [0.3, 0.4) is 0 Å². The van der Waals surface area contributed by atoms with Gasteiger partial charge in [0.2, 0.25) is 0 Å². The summed E-state index contributed by atoms with van der Waals surface area (Å²) in [5.74, 6) is 3.39. The highest BCUT2D eigenvalue weighted by molar-refractivity contribution is 7.09. The second kappa shape index (κ2) is 10.8. The molecule has 0 aliphatic rings. The Morgan fingerprint density at radius 2 is 2.07 bits per heavy atom. The van der Waals surface area contributed by atoms with Gasteiger partial charge in [0, 0.05) is 24.0 Å². The van der Waals surface area contributed by atoms with Gasteiger partial charge in [-0.3, -0.25) is 0 Å². The van der Waals surface area contributed by atoms with Gasteiger partial charge in [-0.05, 0) is 50.3 Å². The Bertz CT molecular complexity index is 964. The molecule has 0 aliphatic heterocycles. The minimum Gasteiger partial charge on any atom is -0.494 e. The van der Waals surface area contributed by atoms with Crippen molar-refractivity contribution in [1.29, 1.82) is 0 Å². The molecule has 0 unspecified atom stereocenters. The molecule has 0 amide bonds. The van der Waals surface area contributed by atoms with Gasteiger partial charge in [0.05, 0.1) is 19.7 Å². The van der Waals surface area contributed by atoms with E-state index in [4.69, 9.17) is 9.73 Å². The second-order valence-corrected chi connectivity index (χ2v) is 8.07. The van der Waals surface area contributed by atoms with Gasteiger partial charge in [0.1, 0.15) is 11.6 Å². The summed E-state index contributed by atoms with van der Waals surface area (Å²) in [6.07, 6.45) is 0.955. The molecule has 160 valence electrons. The Hall–Kier alpha value is -2.87. The fraction of sp³-hybridized carbons (Fsp3) is 0.409. The monoisotopic (exact) mass is 426 g/mol. The smallest absolute Gasteiger partial charge is 0.191 e. The van der Waals surface area contributed by atoms with Crippen molar-refractivity contribution in [3.63, 3.8) is 0 Å². The highest BCUT2D eigenvalue weighted by Crippen LogP contribution is 2.21. The summed E-state index contributed by atoms with van der Waals surface area (Å²) in [5.41, 5.74) is 2.24. The molecule has 3 aromatic rings. The lowest BCUT2D eigenvalue weighted by molar-refractivity contribution is 0.336. The summed E-state index contributed by atoms with van der Waals surface area (Å²) < 4.78 is 7.77. The van der Waals surface area contributed by atoms with Crippen LogP contribution in [0.5, 0.6) is 5.75 Å². The molecule has 1 aromatic carbocycles. The van der Waals surface area contributed by atoms with Crippen molar-refractivity contribution in [2.24, 2.45) is 12.0 Å². The van der Waals surface area contributed by atoms with E-state index >= 15 is 0 Å². The minimum atomic E-state index is 0.530. The summed E-state index contributed by atoms with van der Waals surface area (Å²) >= 11 is 1.77. The Balaban J connectivity index is 1.69. The first-order chi connectivity index (χ1) is 14.6. The lowest BCUT2D eigenvalue weighted by atomic mass is 10.1. The molecule has 30 heavy (non-hydrogen) atoms. The molecule has 0 aliphatic carbocycles. The number of benzene rings is 1. The predicted molar refractivity (Wildman–Crippen MR) is 122 cm³/mol. The molecule has 7 nitrogen and oxygen atoms in total. The van der Waals surface area contributed by atoms with Crippen LogP contribution in [0.2, 0.25) is 0 Å². The summed E-state index contributed by atoms with van der Waals surface area (Å²) in [4.78, 5) is 6.15. The van der Waals surface area contributed by atoms with Crippen LogP contribution < -0.4 is 15.4 Å². The van der Waals surface area contributed by atoms with Gasteiger partial charge in [-0.15, -0.1) is 21.5 Å². The zero-order valence-electron chi connectivity index (χ0n) is 18.1. The van der Waals surface area contributed by atoms with E-state index in [1.54, 1.807) is 11.3 Å². The first-order valence-electron chi connectivity index (χ1n) is 10.2. The van der Waals surface area contributed by atoms with Crippen LogP contribution in [-0.4, -0.2) is 33.9 Å². The molecule has 0 spiro atoms. The molecule has 0 fully saturated rings. The number of aliphatic imine (C=N–C) groups is 1. The molecule has 2 aromatic heterocycles. The SMILES string of the molecule is CCOc1cc(C)ccc1CN=C(NCCc1cccs1)NCc1nnc(C)n1C. The van der Waals surface area contributed by atoms with Crippen molar-refractivity contribution in [3.8, 4) is 5.75 Å². The Kier molecular flexibility index (Phi) is 7.84. The summed E-state index contributed by atoms with van der Waals surface area (Å²) in [6.45, 7) is 8.52. The summed E-state index contributed by atoms with van der Waals surface area (Å²) in [7, 11) is 1.97. The molecule has 0 radical (unpaired) electrons. The average Bonchev–Trinajstić information content (AvgIpc) is 3.36. The number of rotatable bonds is 9. The third kappa shape index (κ3) is 6.06. The lowest BCUT2D eigenvalue weighted by Crippen LogP contribution is -2.38. The maximum atomic E-state index is 5.80. The highest BCUT2D eigenvalue weighted by atomic mass is 32.1. The van der Waals surface area contributed by atoms with Gasteiger partial charge in [0.15, 0.2) is 11.8 Å². The number of nitrogens with one attached hydrogen (secondary N) is 2. The summed E-state index contributed by atoms with van der Waals surface area (Å²) in [6, 6.07) is 10.5. The number of aryl methyl sites for hydroxylation is 2. The van der Waals surface area contributed by atoms with Crippen molar-refractivity contribution in [3.05, 3.63) is 63.4 Å². The van der Waals surface area contributed by atoms with E-state index in [-0.39, 0.29) is 0 Å². The normalized spacial score (nSPS) is 11.5. The minimum absolute atomic E-state index is 0.530. The molecule has 2 N–H and O–H groups in total. The van der Waals surface area contributed by atoms with E-state index in [1.165, 1.54) is 10.4 Å². The standard InChI is InChI=1S/C22H30N6OS/c1-5-29-20-13-16(2)8-9-18(20)14-24-22(23-11-10-19-7-6-12-30-19)25-15-21-27-26-17(3)28(21)4/h6-9,12-13H,5,10-11,14-15H2,1-4H3,(H2,23,24,25). The van der Waals surface area contributed by atoms with Crippen molar-refractivity contribution < 1.29 is 4.74 Å². The largest absolute Gasteiger partial charge is 0.494 e. The maximum Gasteiger partial charge on any atom is 0.191 e. The van der Waals surface area contributed by atoms with Crippen molar-refractivity contribution in [1.82, 2.24) is 25.4 Å². The quantitative estimate of drug-likeness (QED) is 0.405. The van der Waals surface area contributed by atoms with Crippen LogP contribution in [0, 0.1) is 13.8 Å². The van der Waals surface area contributed by atoms with E-state index in [0.29, 0.717) is 19.7 Å². The number of ether oxygens (including phenoxy) is 1. The number of hydrogen-bond donors (Lipinski definition) is 2. The Morgan fingerprint density at radius 1 is 1.20 bits per heavy atom. The number of hydrogen-bond acceptors (Lipinski definition) is 5. The molecular formula is C22H30N6OS. The van der Waals surface area contributed by atoms with E-state index in [1.807, 2.05) is 25.5 Å². The topological polar surface area (TPSA) is 76.4 Å². The molecular weight excluding hydrogens is 396 g/mol. The maximum absolute atomic E-state index is 5.80. The van der Waals surface area contributed by atoms with E-state index in [0.717, 1.165) is 41.9 Å². The van der Waals surface area contributed by atoms with Crippen molar-refractivity contribution >= 4 is 17.3 Å². The van der Waals surface area contributed by atoms with E-state index in [2.05, 4.69) is 63.5 Å². The Labute approximate surface area is 182 Å². The van der Waals surface area contributed by atoms with Crippen LogP contribution in [-0.2, 0) is 26.6 Å². The van der Waals surface area contributed by atoms with Gasteiger partial charge >= 0.3 is 0 Å². The number of thiophene rings is 1. The Morgan fingerprint density at radius 3 is 2.77 bits per heavy atom. The molecule has 3 rings (SSSR count). The first kappa shape index (κ1) is 21.8. The van der Waals surface area contributed by atoms with Crippen LogP contribution in [0.4, 0.5) is 0 Å². The van der Waals surface area contributed by atoms with Crippen molar-refractivity contribution in [2.75, 3.05) is 13.2 Å². The van der Waals surface area contributed by atoms with Crippen LogP contribution in [0.25, 0.3) is 0 Å². The molecule has 2 heterocycles. The van der Waals surface area contributed by atoms with Gasteiger partial charge < -0.3 is 19.9 Å². The first-order valence-corrected chi connectivity index (χ1v) is 11.1. The van der Waals surface area contributed by atoms with Crippen molar-refractivity contribution in [2.45, 2.75) is 40.3 Å². The van der Waals surface area contributed by atoms with Gasteiger partial charge in [-0.1, -0.05) is 18.2 Å². The van der Waals surface area contributed by atoms with E-state index in [9.17, 15) is 0 Å². The van der Waals surface area contributed by atoms with Gasteiger partial charge in [-0.25, -0.2) is 4.99 Å². The van der Waals surface area contributed by atoms with Crippen LogP contribution in [0.1, 0.15) is 34.6 Å². The second-order valence-electron chi connectivity index (χ2n) is 7.04. The molecule has 0 saturated carbocycles. The van der Waals surface area contributed by atoms with Crippen LogP contribution >= 0.6 is 11.3 Å². The van der Waals surface area contributed by atoms with Gasteiger partial charge in [-0.2, -0.15) is 0 Å². The number of guanidine groups is 1. The fourth-order valence-corrected chi connectivity index (χ4v) is 3.66. The van der Waals surface area contributed by atoms with E-state index < -0.39 is 0 Å². The third-order valence-corrected chi connectivity index (χ3v) is 5.71. The number of aromatic nitrogens is 3. The molecule has 0 atom stereocenters. The zero-order valence-corrected chi connectivity index (χ0v) is 18.9. The highest BCUT2D eigenvalue weighted by Gasteiger charge is 2.08. The predicted octanol–water partition coefficient (Wildman–Crippen LogP) is 3.37. The summed E-state index contributed by atoms with van der Waals surface area (Å²) in [5, 5.41) is 17.3. The fourth-order valence-electron chi connectivity index (χ4n) is 2.95. The number of nitrogens with zero attached hydrogens (tertiary/aromatic N) is 4.